The van der Waals surface area contributed by atoms with Crippen LogP contribution in [-0.4, -0.2) is 39.4 Å². The fourth-order valence-corrected chi connectivity index (χ4v) is 4.33. The summed E-state index contributed by atoms with van der Waals surface area (Å²) < 4.78 is 33.0. The van der Waals surface area contributed by atoms with Crippen molar-refractivity contribution in [3.63, 3.8) is 0 Å². The van der Waals surface area contributed by atoms with Crippen molar-refractivity contribution in [2.45, 2.75) is 30.6 Å². The van der Waals surface area contributed by atoms with Gasteiger partial charge in [0.25, 0.3) is 10.0 Å². The molecule has 1 heterocycles. The van der Waals surface area contributed by atoms with Gasteiger partial charge in [0.15, 0.2) is 0 Å². The SMILES string of the molecule is COc1ccccc1NS(=O)(=O)c1ccc(/C=C/C(=O)N2CCCCCC2)cc1. The molecule has 0 unspecified atom stereocenters. The second-order valence-corrected chi connectivity index (χ2v) is 8.63. The van der Waals surface area contributed by atoms with Crippen LogP contribution >= 0.6 is 0 Å². The topological polar surface area (TPSA) is 75.7 Å². The van der Waals surface area contributed by atoms with Gasteiger partial charge in [-0.3, -0.25) is 9.52 Å². The summed E-state index contributed by atoms with van der Waals surface area (Å²) in [5.41, 5.74) is 1.14. The average Bonchev–Trinajstić information content (AvgIpc) is 3.02. The molecule has 1 aliphatic rings. The van der Waals surface area contributed by atoms with E-state index in [0.717, 1.165) is 31.5 Å². The third-order valence-electron chi connectivity index (χ3n) is 4.88. The second-order valence-electron chi connectivity index (χ2n) is 6.95. The normalized spacial score (nSPS) is 15.1. The van der Waals surface area contributed by atoms with Crippen LogP contribution in [0.25, 0.3) is 6.08 Å². The summed E-state index contributed by atoms with van der Waals surface area (Å²) in [5.74, 6) is 0.448. The first-order chi connectivity index (χ1) is 14.0. The lowest BCUT2D eigenvalue weighted by molar-refractivity contribution is -0.125. The number of ether oxygens (including phenoxy) is 1. The van der Waals surface area contributed by atoms with Crippen molar-refractivity contribution in [3.8, 4) is 5.75 Å². The van der Waals surface area contributed by atoms with Crippen LogP contribution in [0.4, 0.5) is 5.69 Å². The zero-order valence-electron chi connectivity index (χ0n) is 16.5. The van der Waals surface area contributed by atoms with Gasteiger partial charge in [-0.2, -0.15) is 0 Å². The van der Waals surface area contributed by atoms with Crippen LogP contribution in [0.1, 0.15) is 31.2 Å². The van der Waals surface area contributed by atoms with Gasteiger partial charge in [-0.25, -0.2) is 8.42 Å². The number of hydrogen-bond donors (Lipinski definition) is 1. The van der Waals surface area contributed by atoms with Gasteiger partial charge in [0.1, 0.15) is 5.75 Å². The average molecular weight is 415 g/mol. The molecule has 1 saturated heterocycles. The molecule has 0 bridgehead atoms. The molecule has 1 N–H and O–H groups in total. The van der Waals surface area contributed by atoms with Gasteiger partial charge in [-0.05, 0) is 48.7 Å². The van der Waals surface area contributed by atoms with Crippen molar-refractivity contribution < 1.29 is 17.9 Å². The van der Waals surface area contributed by atoms with Gasteiger partial charge in [0.2, 0.25) is 5.91 Å². The Kier molecular flexibility index (Phi) is 6.93. The maximum Gasteiger partial charge on any atom is 0.262 e. The van der Waals surface area contributed by atoms with Gasteiger partial charge in [0.05, 0.1) is 17.7 Å². The Bertz CT molecular complexity index is 961. The number of rotatable bonds is 6. The molecule has 0 radical (unpaired) electrons. The van der Waals surface area contributed by atoms with Crippen molar-refractivity contribution in [2.75, 3.05) is 24.9 Å². The first-order valence-corrected chi connectivity index (χ1v) is 11.2. The van der Waals surface area contributed by atoms with E-state index in [1.54, 1.807) is 48.6 Å². The summed E-state index contributed by atoms with van der Waals surface area (Å²) in [7, 11) is -2.26. The van der Waals surface area contributed by atoms with Crippen molar-refractivity contribution >= 4 is 27.7 Å². The van der Waals surface area contributed by atoms with Crippen LogP contribution in [0.5, 0.6) is 5.75 Å². The highest BCUT2D eigenvalue weighted by Crippen LogP contribution is 2.26. The van der Waals surface area contributed by atoms with E-state index in [2.05, 4.69) is 4.72 Å². The lowest BCUT2D eigenvalue weighted by Gasteiger charge is -2.17. The molecule has 154 valence electrons. The van der Waals surface area contributed by atoms with Gasteiger partial charge in [0, 0.05) is 19.2 Å². The summed E-state index contributed by atoms with van der Waals surface area (Å²) in [4.78, 5) is 14.3. The van der Waals surface area contributed by atoms with Gasteiger partial charge in [-0.1, -0.05) is 37.1 Å². The quantitative estimate of drug-likeness (QED) is 0.727. The summed E-state index contributed by atoms with van der Waals surface area (Å²) in [6.07, 6.45) is 7.72. The molecule has 1 aliphatic heterocycles. The van der Waals surface area contributed by atoms with E-state index in [1.807, 2.05) is 4.90 Å². The largest absolute Gasteiger partial charge is 0.495 e. The molecule has 0 aromatic heterocycles. The fourth-order valence-electron chi connectivity index (χ4n) is 3.25. The van der Waals surface area contributed by atoms with E-state index in [4.69, 9.17) is 4.74 Å². The third kappa shape index (κ3) is 5.60. The van der Waals surface area contributed by atoms with Gasteiger partial charge in [-0.15, -0.1) is 0 Å². The number of sulfonamides is 1. The second kappa shape index (κ2) is 9.60. The number of carbonyl (C=O) groups is 1. The summed E-state index contributed by atoms with van der Waals surface area (Å²) in [6.45, 7) is 1.60. The molecule has 1 amide bonds. The van der Waals surface area contributed by atoms with E-state index in [0.29, 0.717) is 11.4 Å². The molecular formula is C22H26N2O4S. The molecule has 0 spiro atoms. The zero-order chi connectivity index (χ0) is 20.7. The number of anilines is 1. The highest BCUT2D eigenvalue weighted by Gasteiger charge is 2.16. The Labute approximate surface area is 172 Å². The monoisotopic (exact) mass is 414 g/mol. The number of likely N-dealkylation sites (tertiary alicyclic amines) is 1. The van der Waals surface area contributed by atoms with Crippen molar-refractivity contribution in [1.29, 1.82) is 0 Å². The van der Waals surface area contributed by atoms with Crippen LogP contribution in [0.15, 0.2) is 59.5 Å². The number of hydrogen-bond acceptors (Lipinski definition) is 4. The van der Waals surface area contributed by atoms with Crippen LogP contribution in [0.2, 0.25) is 0 Å². The lowest BCUT2D eigenvalue weighted by Crippen LogP contribution is -2.30. The molecule has 29 heavy (non-hydrogen) atoms. The highest BCUT2D eigenvalue weighted by atomic mass is 32.2. The molecule has 6 nitrogen and oxygen atoms in total. The molecule has 2 aromatic rings. The minimum atomic E-state index is -3.74. The minimum Gasteiger partial charge on any atom is -0.495 e. The number of para-hydroxylation sites is 2. The number of nitrogens with one attached hydrogen (secondary N) is 1. The van der Waals surface area contributed by atoms with Crippen molar-refractivity contribution in [1.82, 2.24) is 4.90 Å². The van der Waals surface area contributed by atoms with E-state index < -0.39 is 10.0 Å². The Morgan fingerprint density at radius 1 is 1.00 bits per heavy atom. The Morgan fingerprint density at radius 2 is 1.66 bits per heavy atom. The molecule has 2 aromatic carbocycles. The predicted molar refractivity (Wildman–Crippen MR) is 114 cm³/mol. The van der Waals surface area contributed by atoms with Gasteiger partial charge < -0.3 is 9.64 Å². The standard InChI is InChI=1S/C22H26N2O4S/c1-28-21-9-5-4-8-20(21)23-29(26,27)19-13-10-18(11-14-19)12-15-22(25)24-16-6-2-3-7-17-24/h4-5,8-15,23H,2-3,6-7,16-17H2,1H3/b15-12+. The number of methoxy groups -OCH3 is 1. The predicted octanol–water partition coefficient (Wildman–Crippen LogP) is 3.91. The molecule has 3 rings (SSSR count). The summed E-state index contributed by atoms with van der Waals surface area (Å²) in [6, 6.07) is 13.2. The number of nitrogens with zero attached hydrogens (tertiary/aromatic N) is 1. The Morgan fingerprint density at radius 3 is 2.31 bits per heavy atom. The van der Waals surface area contributed by atoms with E-state index in [-0.39, 0.29) is 10.8 Å². The lowest BCUT2D eigenvalue weighted by atomic mass is 10.2. The summed E-state index contributed by atoms with van der Waals surface area (Å²) in [5, 5.41) is 0. The van der Waals surface area contributed by atoms with Crippen molar-refractivity contribution in [2.24, 2.45) is 0 Å². The van der Waals surface area contributed by atoms with Gasteiger partial charge >= 0.3 is 0 Å². The first-order valence-electron chi connectivity index (χ1n) is 9.72. The molecule has 7 heteroatoms. The zero-order valence-corrected chi connectivity index (χ0v) is 17.3. The molecule has 1 fully saturated rings. The van der Waals surface area contributed by atoms with Crippen LogP contribution in [0.3, 0.4) is 0 Å². The first kappa shape index (κ1) is 20.9. The molecule has 0 saturated carbocycles. The third-order valence-corrected chi connectivity index (χ3v) is 6.26. The minimum absolute atomic E-state index is 0.00133. The van der Waals surface area contributed by atoms with Crippen LogP contribution < -0.4 is 9.46 Å². The molecular weight excluding hydrogens is 388 g/mol. The Hall–Kier alpha value is -2.80. The van der Waals surface area contributed by atoms with E-state index >= 15 is 0 Å². The molecule has 0 atom stereocenters. The fraction of sp³-hybridized carbons (Fsp3) is 0.318. The molecule has 0 aliphatic carbocycles. The van der Waals surface area contributed by atoms with Crippen LogP contribution in [-0.2, 0) is 14.8 Å². The number of carbonyl (C=O) groups excluding carboxylic acids is 1. The van der Waals surface area contributed by atoms with Crippen LogP contribution in [0, 0.1) is 0 Å². The summed E-state index contributed by atoms with van der Waals surface area (Å²) >= 11 is 0. The number of benzene rings is 2. The van der Waals surface area contributed by atoms with E-state index in [9.17, 15) is 13.2 Å². The smallest absolute Gasteiger partial charge is 0.262 e. The Balaban J connectivity index is 1.68. The van der Waals surface area contributed by atoms with E-state index in [1.165, 1.54) is 32.1 Å². The van der Waals surface area contributed by atoms with Crippen molar-refractivity contribution in [3.05, 3.63) is 60.2 Å². The highest BCUT2D eigenvalue weighted by molar-refractivity contribution is 7.92. The number of amides is 1. The maximum absolute atomic E-state index is 12.6. The maximum atomic E-state index is 12.6.